The maximum absolute atomic E-state index is 13.5. The van der Waals surface area contributed by atoms with E-state index in [0.29, 0.717) is 11.3 Å². The number of rotatable bonds is 3. The Morgan fingerprint density at radius 1 is 1.03 bits per heavy atom. The van der Waals surface area contributed by atoms with Crippen molar-refractivity contribution < 1.29 is 9.20 Å². The highest BCUT2D eigenvalue weighted by Crippen LogP contribution is 2.55. The number of nitrogens with one attached hydrogen (secondary N) is 2. The van der Waals surface area contributed by atoms with Crippen molar-refractivity contribution in [2.45, 2.75) is 44.1 Å². The van der Waals surface area contributed by atoms with Gasteiger partial charge < -0.3 is 5.32 Å². The van der Waals surface area contributed by atoms with Crippen LogP contribution in [-0.4, -0.2) is 16.4 Å². The van der Waals surface area contributed by atoms with Gasteiger partial charge in [-0.15, -0.1) is 0 Å². The van der Waals surface area contributed by atoms with Gasteiger partial charge in [-0.05, 0) is 92.7 Å². The maximum atomic E-state index is 13.5. The lowest BCUT2D eigenvalue weighted by Gasteiger charge is -2.56. The number of carbonyl (C=O) groups excluding carboxylic acids is 1. The van der Waals surface area contributed by atoms with E-state index in [1.165, 1.54) is 19.3 Å². The molecule has 0 radical (unpaired) electrons. The molecule has 1 amide bonds. The van der Waals surface area contributed by atoms with Gasteiger partial charge in [0.1, 0.15) is 0 Å². The molecule has 2 heterocycles. The molecule has 5 heteroatoms. The minimum Gasteiger partial charge on any atom is -0.343 e. The van der Waals surface area contributed by atoms with Gasteiger partial charge in [-0.1, -0.05) is 6.07 Å². The molecule has 4 saturated carbocycles. The number of H-pyrrole nitrogens is 1. The monoisotopic (exact) mass is 397 g/mol. The van der Waals surface area contributed by atoms with E-state index in [1.807, 2.05) is 40.9 Å². The Bertz CT molecular complexity index is 1150. The zero-order valence-corrected chi connectivity index (χ0v) is 16.9. The first-order chi connectivity index (χ1) is 14.6. The van der Waals surface area contributed by atoms with E-state index in [-0.39, 0.29) is 11.4 Å². The van der Waals surface area contributed by atoms with E-state index in [9.17, 15) is 4.79 Å². The number of nitriles is 1. The molecular formula is C25H25N4O+. The highest BCUT2D eigenvalue weighted by molar-refractivity contribution is 5.99. The van der Waals surface area contributed by atoms with Crippen LogP contribution >= 0.6 is 0 Å². The summed E-state index contributed by atoms with van der Waals surface area (Å²) in [6.07, 6.45) is 9.47. The van der Waals surface area contributed by atoms with Crippen LogP contribution in [-0.2, 0) is 0 Å². The molecule has 4 fully saturated rings. The highest BCUT2D eigenvalue weighted by atomic mass is 16.2. The second kappa shape index (κ2) is 6.43. The molecule has 2 aromatic heterocycles. The number of pyridine rings is 1. The van der Waals surface area contributed by atoms with Crippen LogP contribution in [0.25, 0.3) is 16.9 Å². The standard InChI is InChI=1S/C25H24N4O/c26-15-16-4-6-20(7-5-16)23-27-22(21-3-1-2-8-29(21)23)24(30)28-25-12-17-9-18(13-25)11-19(10-17)14-25/h1-8,17-19H,9-14H2,(H,28,30)/p+1. The third kappa shape index (κ3) is 2.74. The Balaban J connectivity index is 1.37. The molecule has 1 aromatic carbocycles. The lowest BCUT2D eigenvalue weighted by Crippen LogP contribution is -2.59. The van der Waals surface area contributed by atoms with Crippen molar-refractivity contribution in [3.8, 4) is 17.5 Å². The second-order valence-corrected chi connectivity index (χ2v) is 9.65. The van der Waals surface area contributed by atoms with Crippen molar-refractivity contribution in [1.82, 2.24) is 10.3 Å². The number of imidazole rings is 1. The van der Waals surface area contributed by atoms with Crippen LogP contribution < -0.4 is 9.72 Å². The summed E-state index contributed by atoms with van der Waals surface area (Å²) in [5.41, 5.74) is 3.05. The van der Waals surface area contributed by atoms with Crippen LogP contribution in [0.3, 0.4) is 0 Å². The van der Waals surface area contributed by atoms with E-state index >= 15 is 0 Å². The summed E-state index contributed by atoms with van der Waals surface area (Å²) in [6.45, 7) is 0. The Morgan fingerprint density at radius 2 is 1.70 bits per heavy atom. The largest absolute Gasteiger partial charge is 0.343 e. The van der Waals surface area contributed by atoms with E-state index in [0.717, 1.165) is 53.9 Å². The molecule has 0 saturated heterocycles. The van der Waals surface area contributed by atoms with Crippen molar-refractivity contribution in [1.29, 1.82) is 5.26 Å². The van der Waals surface area contributed by atoms with Crippen molar-refractivity contribution in [3.05, 3.63) is 59.9 Å². The second-order valence-electron chi connectivity index (χ2n) is 9.65. The van der Waals surface area contributed by atoms with Gasteiger partial charge in [-0.25, -0.2) is 4.98 Å². The normalized spacial score (nSPS) is 29.1. The van der Waals surface area contributed by atoms with E-state index in [1.54, 1.807) is 12.1 Å². The molecule has 150 valence electrons. The zero-order valence-electron chi connectivity index (χ0n) is 16.9. The third-order valence-electron chi connectivity index (χ3n) is 7.53. The first-order valence-electron chi connectivity index (χ1n) is 11.0. The van der Waals surface area contributed by atoms with Crippen molar-refractivity contribution in [3.63, 3.8) is 0 Å². The summed E-state index contributed by atoms with van der Waals surface area (Å²) in [7, 11) is 0. The first-order valence-corrected chi connectivity index (χ1v) is 11.0. The number of benzene rings is 1. The molecule has 7 rings (SSSR count). The van der Waals surface area contributed by atoms with Crippen LogP contribution in [0.15, 0.2) is 48.7 Å². The van der Waals surface area contributed by atoms with Gasteiger partial charge in [0, 0.05) is 5.54 Å². The Kier molecular flexibility index (Phi) is 3.80. The van der Waals surface area contributed by atoms with Gasteiger partial charge in [0.2, 0.25) is 5.69 Å². The SMILES string of the molecule is N#Cc1ccc(-c2[nH]c(C(=O)NC34CC5CC(CC(C5)C3)C4)c3cccc[n+]23)cc1. The Labute approximate surface area is 175 Å². The topological polar surface area (TPSA) is 72.8 Å². The number of hydrogen-bond acceptors (Lipinski definition) is 2. The first kappa shape index (κ1) is 17.7. The fourth-order valence-electron chi connectivity index (χ4n) is 6.74. The van der Waals surface area contributed by atoms with Gasteiger partial charge in [-0.3, -0.25) is 4.79 Å². The summed E-state index contributed by atoms with van der Waals surface area (Å²) in [6, 6.07) is 15.5. The number of aromatic amines is 1. The maximum Gasteiger partial charge on any atom is 0.296 e. The van der Waals surface area contributed by atoms with Crippen LogP contribution in [0, 0.1) is 29.1 Å². The molecule has 0 unspecified atom stereocenters. The number of aromatic nitrogens is 2. The molecular weight excluding hydrogens is 372 g/mol. The van der Waals surface area contributed by atoms with Crippen molar-refractivity contribution in [2.24, 2.45) is 17.8 Å². The number of carbonyl (C=O) groups is 1. The van der Waals surface area contributed by atoms with Gasteiger partial charge in [0.15, 0.2) is 5.52 Å². The third-order valence-corrected chi connectivity index (χ3v) is 7.53. The quantitative estimate of drug-likeness (QED) is 0.656. The van der Waals surface area contributed by atoms with Crippen molar-refractivity contribution >= 4 is 11.4 Å². The number of hydrogen-bond donors (Lipinski definition) is 2. The molecule has 0 atom stereocenters. The van der Waals surface area contributed by atoms with Gasteiger partial charge >= 0.3 is 0 Å². The molecule has 4 bridgehead atoms. The summed E-state index contributed by atoms with van der Waals surface area (Å²) in [5, 5.41) is 12.6. The predicted octanol–water partition coefficient (Wildman–Crippen LogP) is 3.99. The molecule has 0 aliphatic heterocycles. The van der Waals surface area contributed by atoms with Gasteiger partial charge in [-0.2, -0.15) is 9.66 Å². The average Bonchev–Trinajstić information content (AvgIpc) is 3.12. The fourth-order valence-corrected chi connectivity index (χ4v) is 6.74. The molecule has 0 spiro atoms. The minimum absolute atomic E-state index is 0.000505. The highest BCUT2D eigenvalue weighted by Gasteiger charge is 2.52. The minimum atomic E-state index is -0.0165. The smallest absolute Gasteiger partial charge is 0.296 e. The van der Waals surface area contributed by atoms with Crippen LogP contribution in [0.1, 0.15) is 54.6 Å². The van der Waals surface area contributed by atoms with Crippen LogP contribution in [0.5, 0.6) is 0 Å². The zero-order chi connectivity index (χ0) is 20.3. The van der Waals surface area contributed by atoms with E-state index in [4.69, 9.17) is 5.26 Å². The van der Waals surface area contributed by atoms with Crippen LogP contribution in [0.4, 0.5) is 0 Å². The van der Waals surface area contributed by atoms with Gasteiger partial charge in [0.05, 0.1) is 23.4 Å². The molecule has 5 nitrogen and oxygen atoms in total. The molecule has 30 heavy (non-hydrogen) atoms. The summed E-state index contributed by atoms with van der Waals surface area (Å²) >= 11 is 0. The molecule has 4 aliphatic carbocycles. The Morgan fingerprint density at radius 3 is 2.33 bits per heavy atom. The molecule has 3 aromatic rings. The fraction of sp³-hybridized carbons (Fsp3) is 0.400. The summed E-state index contributed by atoms with van der Waals surface area (Å²) in [4.78, 5) is 16.9. The lowest BCUT2D eigenvalue weighted by molar-refractivity contribution is -0.498. The predicted molar refractivity (Wildman–Crippen MR) is 112 cm³/mol. The lowest BCUT2D eigenvalue weighted by atomic mass is 9.53. The number of amides is 1. The number of fused-ring (bicyclic) bond motifs is 1. The van der Waals surface area contributed by atoms with Gasteiger partial charge in [0.25, 0.3) is 11.7 Å². The van der Waals surface area contributed by atoms with Crippen molar-refractivity contribution in [2.75, 3.05) is 0 Å². The summed E-state index contributed by atoms with van der Waals surface area (Å²) in [5.74, 6) is 3.23. The molecule has 4 aliphatic rings. The summed E-state index contributed by atoms with van der Waals surface area (Å²) < 4.78 is 2.02. The molecule has 2 N–H and O–H groups in total. The van der Waals surface area contributed by atoms with Crippen LogP contribution in [0.2, 0.25) is 0 Å². The van der Waals surface area contributed by atoms with E-state index in [2.05, 4.69) is 16.4 Å². The Hall–Kier alpha value is -3.13. The van der Waals surface area contributed by atoms with E-state index < -0.39 is 0 Å². The average molecular weight is 398 g/mol. The number of nitrogens with zero attached hydrogens (tertiary/aromatic N) is 2.